The van der Waals surface area contributed by atoms with Gasteiger partial charge in [0.05, 0.1) is 12.0 Å². The maximum Gasteiger partial charge on any atom is 0.0953 e. The lowest BCUT2D eigenvalue weighted by molar-refractivity contribution is 0.761. The summed E-state index contributed by atoms with van der Waals surface area (Å²) in [6, 6.07) is 6.73. The molecule has 2 aromatic rings. The fraction of sp³-hybridized carbons (Fsp3) is 0.389. The fourth-order valence-electron chi connectivity index (χ4n) is 2.38. The van der Waals surface area contributed by atoms with Gasteiger partial charge in [-0.1, -0.05) is 29.8 Å². The van der Waals surface area contributed by atoms with Crippen LogP contribution in [0.1, 0.15) is 42.1 Å². The molecule has 0 saturated carbocycles. The summed E-state index contributed by atoms with van der Waals surface area (Å²) in [7, 11) is 0. The van der Waals surface area contributed by atoms with Crippen LogP contribution in [0.25, 0.3) is 6.08 Å². The Balaban J connectivity index is 1.78. The van der Waals surface area contributed by atoms with E-state index in [0.717, 1.165) is 25.1 Å². The molecule has 0 saturated heterocycles. The van der Waals surface area contributed by atoms with Crippen LogP contribution in [0.5, 0.6) is 0 Å². The van der Waals surface area contributed by atoms with Crippen molar-refractivity contribution < 1.29 is 0 Å². The summed E-state index contributed by atoms with van der Waals surface area (Å²) < 4.78 is 2.09. The van der Waals surface area contributed by atoms with Crippen LogP contribution >= 0.6 is 0 Å². The van der Waals surface area contributed by atoms with E-state index in [1.807, 2.05) is 6.33 Å². The van der Waals surface area contributed by atoms with Crippen LogP contribution in [-0.2, 0) is 13.0 Å². The molecule has 2 nitrogen and oxygen atoms in total. The Hall–Kier alpha value is -1.83. The van der Waals surface area contributed by atoms with Crippen molar-refractivity contribution in [2.45, 2.75) is 46.6 Å². The maximum atomic E-state index is 4.34. The van der Waals surface area contributed by atoms with Crippen LogP contribution in [0.4, 0.5) is 0 Å². The SMILES string of the molecule is CCn1cnc(/C=C/CCCc2ccc(C)cc2C)c1. The van der Waals surface area contributed by atoms with Crippen molar-refractivity contribution in [3.05, 3.63) is 59.2 Å². The predicted octanol–water partition coefficient (Wildman–Crippen LogP) is 4.56. The minimum Gasteiger partial charge on any atom is -0.337 e. The minimum atomic E-state index is 0.980. The molecule has 0 aliphatic carbocycles. The smallest absolute Gasteiger partial charge is 0.0953 e. The molecule has 0 bridgehead atoms. The first-order chi connectivity index (χ1) is 9.69. The van der Waals surface area contributed by atoms with Gasteiger partial charge in [-0.15, -0.1) is 0 Å². The van der Waals surface area contributed by atoms with Gasteiger partial charge in [0.2, 0.25) is 0 Å². The van der Waals surface area contributed by atoms with Crippen molar-refractivity contribution in [1.82, 2.24) is 9.55 Å². The molecular formula is C18H24N2. The van der Waals surface area contributed by atoms with E-state index in [0.29, 0.717) is 0 Å². The zero-order valence-electron chi connectivity index (χ0n) is 12.8. The number of nitrogens with zero attached hydrogens (tertiary/aromatic N) is 2. The van der Waals surface area contributed by atoms with Crippen molar-refractivity contribution in [3.8, 4) is 0 Å². The van der Waals surface area contributed by atoms with E-state index < -0.39 is 0 Å². The van der Waals surface area contributed by atoms with Crippen LogP contribution in [0, 0.1) is 13.8 Å². The highest BCUT2D eigenvalue weighted by Gasteiger charge is 1.98. The van der Waals surface area contributed by atoms with E-state index in [1.54, 1.807) is 0 Å². The number of allylic oxidation sites excluding steroid dienone is 1. The Morgan fingerprint density at radius 3 is 2.80 bits per heavy atom. The molecule has 106 valence electrons. The molecule has 0 aliphatic heterocycles. The molecule has 0 spiro atoms. The van der Waals surface area contributed by atoms with Crippen LogP contribution in [0.15, 0.2) is 36.8 Å². The number of benzene rings is 1. The summed E-state index contributed by atoms with van der Waals surface area (Å²) in [5.74, 6) is 0. The van der Waals surface area contributed by atoms with Gasteiger partial charge in [0, 0.05) is 12.7 Å². The summed E-state index contributed by atoms with van der Waals surface area (Å²) in [6.07, 6.45) is 11.8. The monoisotopic (exact) mass is 268 g/mol. The zero-order chi connectivity index (χ0) is 14.4. The number of unbranched alkanes of at least 4 members (excludes halogenated alkanes) is 1. The summed E-state index contributed by atoms with van der Waals surface area (Å²) >= 11 is 0. The molecular weight excluding hydrogens is 244 g/mol. The Labute approximate surface area is 122 Å². The molecule has 0 aliphatic rings. The third-order valence-electron chi connectivity index (χ3n) is 3.62. The van der Waals surface area contributed by atoms with Crippen molar-refractivity contribution in [2.75, 3.05) is 0 Å². The topological polar surface area (TPSA) is 17.8 Å². The first-order valence-electron chi connectivity index (χ1n) is 7.43. The molecule has 2 heteroatoms. The van der Waals surface area contributed by atoms with Crippen LogP contribution in [-0.4, -0.2) is 9.55 Å². The molecule has 0 N–H and O–H groups in total. The fourth-order valence-corrected chi connectivity index (χ4v) is 2.38. The summed E-state index contributed by atoms with van der Waals surface area (Å²) in [5.41, 5.74) is 5.28. The maximum absolute atomic E-state index is 4.34. The second-order valence-corrected chi connectivity index (χ2v) is 5.35. The molecule has 0 fully saturated rings. The number of aromatic nitrogens is 2. The summed E-state index contributed by atoms with van der Waals surface area (Å²) in [6.45, 7) is 7.46. The molecule has 0 atom stereocenters. The Bertz CT molecular complexity index is 579. The number of imidazole rings is 1. The number of rotatable bonds is 6. The van der Waals surface area contributed by atoms with Gasteiger partial charge >= 0.3 is 0 Å². The average molecular weight is 268 g/mol. The van der Waals surface area contributed by atoms with Crippen LogP contribution in [0.3, 0.4) is 0 Å². The van der Waals surface area contributed by atoms with Gasteiger partial charge in [0.15, 0.2) is 0 Å². The van der Waals surface area contributed by atoms with E-state index in [2.05, 4.69) is 66.9 Å². The number of hydrogen-bond acceptors (Lipinski definition) is 1. The van der Waals surface area contributed by atoms with E-state index in [1.165, 1.54) is 23.1 Å². The Kier molecular flexibility index (Phi) is 5.16. The number of aryl methyl sites for hydroxylation is 4. The average Bonchev–Trinajstić information content (AvgIpc) is 2.88. The van der Waals surface area contributed by atoms with Crippen molar-refractivity contribution in [1.29, 1.82) is 0 Å². The van der Waals surface area contributed by atoms with E-state index in [-0.39, 0.29) is 0 Å². The van der Waals surface area contributed by atoms with E-state index >= 15 is 0 Å². The van der Waals surface area contributed by atoms with Crippen LogP contribution < -0.4 is 0 Å². The second kappa shape index (κ2) is 7.09. The third-order valence-corrected chi connectivity index (χ3v) is 3.62. The first-order valence-corrected chi connectivity index (χ1v) is 7.43. The van der Waals surface area contributed by atoms with Gasteiger partial charge in [-0.25, -0.2) is 4.98 Å². The van der Waals surface area contributed by atoms with Gasteiger partial charge in [-0.2, -0.15) is 0 Å². The molecule has 0 unspecified atom stereocenters. The molecule has 1 heterocycles. The van der Waals surface area contributed by atoms with Gasteiger partial charge in [0.25, 0.3) is 0 Å². The lowest BCUT2D eigenvalue weighted by Gasteiger charge is -2.05. The highest BCUT2D eigenvalue weighted by atomic mass is 15.0. The van der Waals surface area contributed by atoms with Crippen molar-refractivity contribution in [2.24, 2.45) is 0 Å². The molecule has 1 aromatic carbocycles. The quantitative estimate of drug-likeness (QED) is 0.702. The van der Waals surface area contributed by atoms with Crippen molar-refractivity contribution in [3.63, 3.8) is 0 Å². The zero-order valence-corrected chi connectivity index (χ0v) is 12.8. The molecule has 2 rings (SSSR count). The Morgan fingerprint density at radius 2 is 2.10 bits per heavy atom. The number of hydrogen-bond donors (Lipinski definition) is 0. The lowest BCUT2D eigenvalue weighted by Crippen LogP contribution is -1.90. The normalized spacial score (nSPS) is 11.3. The van der Waals surface area contributed by atoms with Crippen molar-refractivity contribution >= 4 is 6.08 Å². The minimum absolute atomic E-state index is 0.980. The standard InChI is InChI=1S/C18H24N2/c1-4-20-13-18(19-14-20)9-7-5-6-8-17-11-10-15(2)12-16(17)3/h7,9-14H,4-6,8H2,1-3H3/b9-7+. The van der Waals surface area contributed by atoms with Gasteiger partial charge in [-0.3, -0.25) is 0 Å². The third kappa shape index (κ3) is 4.09. The van der Waals surface area contributed by atoms with Gasteiger partial charge in [0.1, 0.15) is 0 Å². The van der Waals surface area contributed by atoms with Crippen LogP contribution in [0.2, 0.25) is 0 Å². The lowest BCUT2D eigenvalue weighted by atomic mass is 10.0. The molecule has 0 radical (unpaired) electrons. The molecule has 20 heavy (non-hydrogen) atoms. The summed E-state index contributed by atoms with van der Waals surface area (Å²) in [4.78, 5) is 4.34. The van der Waals surface area contributed by atoms with E-state index in [9.17, 15) is 0 Å². The summed E-state index contributed by atoms with van der Waals surface area (Å²) in [5, 5.41) is 0. The highest BCUT2D eigenvalue weighted by molar-refractivity contribution is 5.42. The van der Waals surface area contributed by atoms with Gasteiger partial charge in [-0.05, 0) is 57.2 Å². The second-order valence-electron chi connectivity index (χ2n) is 5.35. The van der Waals surface area contributed by atoms with Gasteiger partial charge < -0.3 is 4.57 Å². The molecule has 0 amide bonds. The molecule has 1 aromatic heterocycles. The largest absolute Gasteiger partial charge is 0.337 e. The Morgan fingerprint density at radius 1 is 1.25 bits per heavy atom. The van der Waals surface area contributed by atoms with E-state index in [4.69, 9.17) is 0 Å². The highest BCUT2D eigenvalue weighted by Crippen LogP contribution is 2.13. The predicted molar refractivity (Wildman–Crippen MR) is 85.8 cm³/mol. The first kappa shape index (κ1) is 14.6.